The second-order valence-electron chi connectivity index (χ2n) is 5.96. The summed E-state index contributed by atoms with van der Waals surface area (Å²) in [5, 5.41) is 4.53. The van der Waals surface area contributed by atoms with Crippen LogP contribution in [-0.2, 0) is 6.54 Å². The van der Waals surface area contributed by atoms with Gasteiger partial charge in [-0.25, -0.2) is 4.98 Å². The van der Waals surface area contributed by atoms with E-state index in [-0.39, 0.29) is 0 Å². The van der Waals surface area contributed by atoms with Gasteiger partial charge in [0.15, 0.2) is 5.13 Å². The fourth-order valence-electron chi connectivity index (χ4n) is 2.79. The summed E-state index contributed by atoms with van der Waals surface area (Å²) in [5.41, 5.74) is 1.38. The van der Waals surface area contributed by atoms with Crippen LogP contribution in [0.25, 0.3) is 0 Å². The van der Waals surface area contributed by atoms with Crippen molar-refractivity contribution in [3.05, 3.63) is 10.6 Å². The lowest BCUT2D eigenvalue weighted by Crippen LogP contribution is -2.31. The molecule has 0 aromatic carbocycles. The third kappa shape index (κ3) is 2.78. The molecule has 19 heavy (non-hydrogen) atoms. The fraction of sp³-hybridized carbons (Fsp3) is 0.786. The second kappa shape index (κ2) is 5.38. The molecule has 3 rings (SSSR count). The zero-order valence-electron chi connectivity index (χ0n) is 12.1. The molecule has 1 unspecified atom stereocenters. The van der Waals surface area contributed by atoms with Crippen molar-refractivity contribution in [1.29, 1.82) is 0 Å². The Morgan fingerprint density at radius 3 is 2.74 bits per heavy atom. The van der Waals surface area contributed by atoms with Crippen molar-refractivity contribution in [3.8, 4) is 0 Å². The summed E-state index contributed by atoms with van der Waals surface area (Å²) in [6, 6.07) is 0.682. The lowest BCUT2D eigenvalue weighted by molar-refractivity contribution is 0.315. The van der Waals surface area contributed by atoms with E-state index in [0.717, 1.165) is 25.6 Å². The van der Waals surface area contributed by atoms with Crippen molar-refractivity contribution >= 4 is 16.5 Å². The molecule has 0 radical (unpaired) electrons. The molecule has 4 nitrogen and oxygen atoms in total. The lowest BCUT2D eigenvalue weighted by atomic mass is 10.2. The van der Waals surface area contributed by atoms with Gasteiger partial charge in [0, 0.05) is 36.5 Å². The third-order valence-electron chi connectivity index (χ3n) is 4.18. The predicted molar refractivity (Wildman–Crippen MR) is 81.2 cm³/mol. The zero-order chi connectivity index (χ0) is 13.4. The first-order valence-corrected chi connectivity index (χ1v) is 8.06. The predicted octanol–water partition coefficient (Wildman–Crippen LogP) is 1.88. The summed E-state index contributed by atoms with van der Waals surface area (Å²) in [6.07, 6.45) is 3.92. The van der Waals surface area contributed by atoms with Gasteiger partial charge in [-0.3, -0.25) is 0 Å². The molecule has 0 bridgehead atoms. The van der Waals surface area contributed by atoms with E-state index in [0.29, 0.717) is 6.04 Å². The molecule has 1 aliphatic heterocycles. The van der Waals surface area contributed by atoms with Crippen LogP contribution in [0.15, 0.2) is 0 Å². The molecule has 1 saturated heterocycles. The molecule has 1 atom stereocenters. The Morgan fingerprint density at radius 2 is 2.16 bits per heavy atom. The summed E-state index contributed by atoms with van der Waals surface area (Å²) in [7, 11) is 6.38. The van der Waals surface area contributed by atoms with Crippen LogP contribution >= 0.6 is 11.3 Å². The van der Waals surface area contributed by atoms with E-state index >= 15 is 0 Å². The van der Waals surface area contributed by atoms with Crippen LogP contribution in [0.5, 0.6) is 0 Å². The van der Waals surface area contributed by atoms with Crippen LogP contribution < -0.4 is 10.2 Å². The number of aromatic nitrogens is 1. The Hall–Kier alpha value is -0.650. The molecule has 1 aromatic rings. The molecule has 1 aromatic heterocycles. The van der Waals surface area contributed by atoms with Crippen molar-refractivity contribution in [2.75, 3.05) is 39.1 Å². The van der Waals surface area contributed by atoms with Crippen LogP contribution in [0.4, 0.5) is 5.13 Å². The maximum Gasteiger partial charge on any atom is 0.185 e. The van der Waals surface area contributed by atoms with Crippen molar-refractivity contribution in [2.24, 2.45) is 0 Å². The van der Waals surface area contributed by atoms with Gasteiger partial charge in [0.05, 0.1) is 5.69 Å². The highest BCUT2D eigenvalue weighted by atomic mass is 32.1. The number of thiazole rings is 1. The highest BCUT2D eigenvalue weighted by Gasteiger charge is 2.32. The highest BCUT2D eigenvalue weighted by Crippen LogP contribution is 2.44. The zero-order valence-corrected chi connectivity index (χ0v) is 13.0. The smallest absolute Gasteiger partial charge is 0.185 e. The molecule has 1 N–H and O–H groups in total. The number of hydrogen-bond acceptors (Lipinski definition) is 5. The number of nitrogens with one attached hydrogen (secondary N) is 1. The number of nitrogens with zero attached hydrogens (tertiary/aromatic N) is 3. The summed E-state index contributed by atoms with van der Waals surface area (Å²) in [4.78, 5) is 11.2. The van der Waals surface area contributed by atoms with E-state index in [2.05, 4.69) is 29.2 Å². The first kappa shape index (κ1) is 13.3. The topological polar surface area (TPSA) is 31.4 Å². The van der Waals surface area contributed by atoms with Gasteiger partial charge >= 0.3 is 0 Å². The summed E-state index contributed by atoms with van der Waals surface area (Å²) >= 11 is 1.90. The van der Waals surface area contributed by atoms with Crippen molar-refractivity contribution in [2.45, 2.75) is 37.8 Å². The monoisotopic (exact) mass is 280 g/mol. The molecular weight excluding hydrogens is 256 g/mol. The SMILES string of the molecule is CNCc1sc(N2CCC(N(C)C)C2)nc1C1CC1. The molecule has 2 aliphatic rings. The average molecular weight is 280 g/mol. The molecule has 1 saturated carbocycles. The van der Waals surface area contributed by atoms with Crippen LogP contribution in [0.2, 0.25) is 0 Å². The number of rotatable bonds is 5. The molecule has 2 heterocycles. The molecule has 106 valence electrons. The maximum atomic E-state index is 4.95. The normalized spacial score (nSPS) is 23.6. The van der Waals surface area contributed by atoms with Gasteiger partial charge in [-0.05, 0) is 40.4 Å². The van der Waals surface area contributed by atoms with Gasteiger partial charge in [-0.1, -0.05) is 0 Å². The van der Waals surface area contributed by atoms with Crippen LogP contribution in [0.3, 0.4) is 0 Å². The van der Waals surface area contributed by atoms with Gasteiger partial charge in [-0.2, -0.15) is 0 Å². The quantitative estimate of drug-likeness (QED) is 0.892. The summed E-state index contributed by atoms with van der Waals surface area (Å²) in [5.74, 6) is 0.751. The van der Waals surface area contributed by atoms with E-state index < -0.39 is 0 Å². The molecule has 0 spiro atoms. The minimum atomic E-state index is 0.682. The van der Waals surface area contributed by atoms with Gasteiger partial charge < -0.3 is 15.1 Å². The maximum absolute atomic E-state index is 4.95. The molecule has 2 fully saturated rings. The third-order valence-corrected chi connectivity index (χ3v) is 5.31. The van der Waals surface area contributed by atoms with Crippen molar-refractivity contribution < 1.29 is 0 Å². The first-order chi connectivity index (χ1) is 9.19. The Bertz CT molecular complexity index is 439. The molecule has 0 amide bonds. The Labute approximate surface area is 119 Å². The number of likely N-dealkylation sites (N-methyl/N-ethyl adjacent to an activating group) is 1. The Kier molecular flexibility index (Phi) is 3.78. The minimum Gasteiger partial charge on any atom is -0.346 e. The van der Waals surface area contributed by atoms with Crippen LogP contribution in [-0.4, -0.2) is 50.2 Å². The summed E-state index contributed by atoms with van der Waals surface area (Å²) in [6.45, 7) is 3.25. The van der Waals surface area contributed by atoms with Crippen LogP contribution in [0.1, 0.15) is 35.8 Å². The lowest BCUT2D eigenvalue weighted by Gasteiger charge is -2.19. The van der Waals surface area contributed by atoms with Gasteiger partial charge in [0.25, 0.3) is 0 Å². The molecule has 5 heteroatoms. The largest absolute Gasteiger partial charge is 0.346 e. The Balaban J connectivity index is 1.76. The standard InChI is InChI=1S/C14H24N4S/c1-15-8-12-13(10-4-5-10)16-14(19-12)18-7-6-11(9-18)17(2)3/h10-11,15H,4-9H2,1-3H3. The van der Waals surface area contributed by atoms with Gasteiger partial charge in [-0.15, -0.1) is 11.3 Å². The van der Waals surface area contributed by atoms with Gasteiger partial charge in [0.1, 0.15) is 0 Å². The Morgan fingerprint density at radius 1 is 1.37 bits per heavy atom. The number of hydrogen-bond donors (Lipinski definition) is 1. The van der Waals surface area contributed by atoms with E-state index in [4.69, 9.17) is 4.98 Å². The molecule has 1 aliphatic carbocycles. The average Bonchev–Trinajstić information content (AvgIpc) is 2.94. The van der Waals surface area contributed by atoms with E-state index in [1.54, 1.807) is 0 Å². The highest BCUT2D eigenvalue weighted by molar-refractivity contribution is 7.15. The first-order valence-electron chi connectivity index (χ1n) is 7.24. The molecular formula is C14H24N4S. The van der Waals surface area contributed by atoms with Crippen molar-refractivity contribution in [3.63, 3.8) is 0 Å². The second-order valence-corrected chi connectivity index (χ2v) is 7.02. The van der Waals surface area contributed by atoms with E-state index in [1.807, 2.05) is 18.4 Å². The van der Waals surface area contributed by atoms with Gasteiger partial charge in [0.2, 0.25) is 0 Å². The van der Waals surface area contributed by atoms with Crippen LogP contribution in [0, 0.1) is 0 Å². The van der Waals surface area contributed by atoms with E-state index in [9.17, 15) is 0 Å². The fourth-order valence-corrected chi connectivity index (χ4v) is 3.98. The summed E-state index contributed by atoms with van der Waals surface area (Å²) < 4.78 is 0. The van der Waals surface area contributed by atoms with Crippen molar-refractivity contribution in [1.82, 2.24) is 15.2 Å². The van der Waals surface area contributed by atoms with E-state index in [1.165, 1.54) is 35.0 Å². The number of anilines is 1. The minimum absolute atomic E-state index is 0.682.